The van der Waals surface area contributed by atoms with Gasteiger partial charge in [0.2, 0.25) is 5.95 Å². The van der Waals surface area contributed by atoms with Gasteiger partial charge in [-0.3, -0.25) is 9.78 Å². The number of nitrogens with zero attached hydrogens (tertiary/aromatic N) is 4. The van der Waals surface area contributed by atoms with E-state index in [9.17, 15) is 9.18 Å². The average Bonchev–Trinajstić information content (AvgIpc) is 3.10. The Hall–Kier alpha value is -3.98. The number of benzene rings is 2. The first-order valence-corrected chi connectivity index (χ1v) is 10.5. The van der Waals surface area contributed by atoms with Crippen molar-refractivity contribution in [3.05, 3.63) is 72.3 Å². The van der Waals surface area contributed by atoms with Crippen LogP contribution in [0.15, 0.2) is 60.8 Å². The Morgan fingerprint density at radius 3 is 2.70 bits per heavy atom. The Labute approximate surface area is 191 Å². The first kappa shape index (κ1) is 22.2. The molecule has 0 aliphatic rings. The number of nitrogens with one attached hydrogen (secondary N) is 2. The summed E-state index contributed by atoms with van der Waals surface area (Å²) in [6, 6.07) is 15.2. The predicted molar refractivity (Wildman–Crippen MR) is 126 cm³/mol. The molecule has 2 N–H and O–H groups in total. The first-order chi connectivity index (χ1) is 15.9. The molecule has 170 valence electrons. The normalized spacial score (nSPS) is 11.1. The number of rotatable bonds is 8. The molecule has 8 nitrogen and oxygen atoms in total. The lowest BCUT2D eigenvalue weighted by Gasteiger charge is -2.11. The number of anilines is 2. The van der Waals surface area contributed by atoms with Crippen molar-refractivity contribution in [2.45, 2.75) is 0 Å². The Kier molecular flexibility index (Phi) is 6.50. The number of fused-ring (bicyclic) bond motifs is 1. The van der Waals surface area contributed by atoms with Crippen molar-refractivity contribution in [1.82, 2.24) is 24.8 Å². The van der Waals surface area contributed by atoms with Crippen molar-refractivity contribution in [2.75, 3.05) is 32.5 Å². The zero-order chi connectivity index (χ0) is 23.4. The summed E-state index contributed by atoms with van der Waals surface area (Å²) < 4.78 is 21.8. The van der Waals surface area contributed by atoms with Gasteiger partial charge in [-0.05, 0) is 44.4 Å². The predicted octanol–water partition coefficient (Wildman–Crippen LogP) is 3.93. The van der Waals surface area contributed by atoms with E-state index in [4.69, 9.17) is 4.74 Å². The van der Waals surface area contributed by atoms with Gasteiger partial charge in [-0.25, -0.2) is 9.37 Å². The number of carbonyl (C=O) groups excluding carboxylic acids is 1. The minimum absolute atomic E-state index is 0.258. The fourth-order valence-electron chi connectivity index (χ4n) is 3.26. The number of likely N-dealkylation sites (N-methyl/N-ethyl adjacent to an activating group) is 1. The van der Waals surface area contributed by atoms with Crippen molar-refractivity contribution in [1.29, 1.82) is 0 Å². The molecule has 0 fully saturated rings. The maximum Gasteiger partial charge on any atom is 0.270 e. The van der Waals surface area contributed by atoms with E-state index in [-0.39, 0.29) is 17.4 Å². The second-order valence-corrected chi connectivity index (χ2v) is 7.79. The summed E-state index contributed by atoms with van der Waals surface area (Å²) in [5.41, 5.74) is 2.17. The number of aryl methyl sites for hydroxylation is 1. The van der Waals surface area contributed by atoms with E-state index in [1.807, 2.05) is 42.7 Å². The lowest BCUT2D eigenvalue weighted by Crippen LogP contribution is -2.31. The lowest BCUT2D eigenvalue weighted by atomic mass is 10.3. The second-order valence-electron chi connectivity index (χ2n) is 7.79. The molecule has 0 spiro atoms. The molecule has 9 heteroatoms. The molecule has 0 atom stereocenters. The molecule has 4 aromatic rings. The van der Waals surface area contributed by atoms with Crippen LogP contribution in [-0.2, 0) is 7.05 Å². The number of halogens is 1. The lowest BCUT2D eigenvalue weighted by molar-refractivity contribution is 0.0945. The summed E-state index contributed by atoms with van der Waals surface area (Å²) in [5, 5.41) is 5.86. The monoisotopic (exact) mass is 448 g/mol. The van der Waals surface area contributed by atoms with Crippen LogP contribution in [0.25, 0.3) is 11.0 Å². The van der Waals surface area contributed by atoms with Crippen molar-refractivity contribution in [2.24, 2.45) is 7.05 Å². The molecule has 0 saturated heterocycles. The number of hydrogen-bond donors (Lipinski definition) is 2. The summed E-state index contributed by atoms with van der Waals surface area (Å²) in [6.07, 6.45) is 1.53. The van der Waals surface area contributed by atoms with Crippen LogP contribution in [0.1, 0.15) is 10.5 Å². The minimum Gasteiger partial charge on any atom is -0.457 e. The molecule has 2 aromatic heterocycles. The molecule has 0 radical (unpaired) electrons. The van der Waals surface area contributed by atoms with Crippen LogP contribution >= 0.6 is 0 Å². The Morgan fingerprint density at radius 2 is 1.91 bits per heavy atom. The van der Waals surface area contributed by atoms with Crippen LogP contribution in [0.2, 0.25) is 0 Å². The highest BCUT2D eigenvalue weighted by molar-refractivity contribution is 5.92. The van der Waals surface area contributed by atoms with Gasteiger partial charge >= 0.3 is 0 Å². The molecule has 2 heterocycles. The Balaban J connectivity index is 1.50. The van der Waals surface area contributed by atoms with Gasteiger partial charge in [0.05, 0.1) is 16.7 Å². The molecule has 0 unspecified atom stereocenters. The number of imidazole rings is 1. The second kappa shape index (κ2) is 9.66. The standard InChI is InChI=1S/C24H25FN6O2/c1-30(2)13-12-27-23(32)21-15-17(10-11-26-21)33-16-8-9-22-20(14-16)29-24(31(22)3)28-19-7-5-4-6-18(19)25/h4-11,14-15H,12-13H2,1-3H3,(H,27,32)(H,28,29). The van der Waals surface area contributed by atoms with Gasteiger partial charge in [-0.15, -0.1) is 0 Å². The summed E-state index contributed by atoms with van der Waals surface area (Å²) in [6.45, 7) is 1.26. The largest absolute Gasteiger partial charge is 0.457 e. The van der Waals surface area contributed by atoms with E-state index < -0.39 is 0 Å². The van der Waals surface area contributed by atoms with Gasteiger partial charge in [0, 0.05) is 38.5 Å². The minimum atomic E-state index is -0.354. The van der Waals surface area contributed by atoms with Crippen LogP contribution < -0.4 is 15.4 Å². The molecule has 4 rings (SSSR count). The van der Waals surface area contributed by atoms with Crippen molar-refractivity contribution < 1.29 is 13.9 Å². The van der Waals surface area contributed by atoms with Crippen LogP contribution in [0.5, 0.6) is 11.5 Å². The van der Waals surface area contributed by atoms with Crippen LogP contribution in [-0.4, -0.2) is 52.5 Å². The van der Waals surface area contributed by atoms with Crippen molar-refractivity contribution in [3.8, 4) is 11.5 Å². The van der Waals surface area contributed by atoms with E-state index in [2.05, 4.69) is 20.6 Å². The van der Waals surface area contributed by atoms with E-state index in [0.717, 1.165) is 12.1 Å². The van der Waals surface area contributed by atoms with Crippen molar-refractivity contribution >= 4 is 28.6 Å². The topological polar surface area (TPSA) is 84.3 Å². The van der Waals surface area contributed by atoms with Crippen LogP contribution in [0, 0.1) is 5.82 Å². The van der Waals surface area contributed by atoms with Gasteiger partial charge in [-0.2, -0.15) is 0 Å². The highest BCUT2D eigenvalue weighted by atomic mass is 19.1. The quantitative estimate of drug-likeness (QED) is 0.425. The van der Waals surface area contributed by atoms with Gasteiger partial charge in [-0.1, -0.05) is 12.1 Å². The van der Waals surface area contributed by atoms with Crippen LogP contribution in [0.3, 0.4) is 0 Å². The van der Waals surface area contributed by atoms with Gasteiger partial charge < -0.3 is 24.8 Å². The molecule has 0 aliphatic heterocycles. The van der Waals surface area contributed by atoms with Gasteiger partial charge in [0.15, 0.2) is 0 Å². The number of pyridine rings is 1. The van der Waals surface area contributed by atoms with E-state index in [0.29, 0.717) is 35.2 Å². The maximum atomic E-state index is 14.0. The van der Waals surface area contributed by atoms with Crippen LogP contribution in [0.4, 0.5) is 16.0 Å². The number of amides is 1. The van der Waals surface area contributed by atoms with Gasteiger partial charge in [0.1, 0.15) is 23.0 Å². The third kappa shape index (κ3) is 5.27. The SMILES string of the molecule is CN(C)CCNC(=O)c1cc(Oc2ccc3c(c2)nc(Nc2ccccc2F)n3C)ccn1. The number of hydrogen-bond acceptors (Lipinski definition) is 6. The van der Waals surface area contributed by atoms with E-state index in [1.165, 1.54) is 12.3 Å². The molecule has 33 heavy (non-hydrogen) atoms. The third-order valence-corrected chi connectivity index (χ3v) is 5.02. The Morgan fingerprint density at radius 1 is 1.12 bits per heavy atom. The van der Waals surface area contributed by atoms with E-state index >= 15 is 0 Å². The fraction of sp³-hybridized carbons (Fsp3) is 0.208. The molecule has 2 aromatic carbocycles. The Bertz CT molecular complexity index is 1290. The third-order valence-electron chi connectivity index (χ3n) is 5.02. The summed E-state index contributed by atoms with van der Waals surface area (Å²) in [5.74, 6) is 0.943. The summed E-state index contributed by atoms with van der Waals surface area (Å²) >= 11 is 0. The highest BCUT2D eigenvalue weighted by Crippen LogP contribution is 2.28. The number of ether oxygens (including phenoxy) is 1. The highest BCUT2D eigenvalue weighted by Gasteiger charge is 2.12. The maximum absolute atomic E-state index is 14.0. The summed E-state index contributed by atoms with van der Waals surface area (Å²) in [7, 11) is 5.73. The number of para-hydroxylation sites is 1. The zero-order valence-electron chi connectivity index (χ0n) is 18.7. The molecular weight excluding hydrogens is 423 g/mol. The smallest absolute Gasteiger partial charge is 0.270 e. The van der Waals surface area contributed by atoms with E-state index in [1.54, 1.807) is 36.4 Å². The molecule has 0 aliphatic carbocycles. The fourth-order valence-corrected chi connectivity index (χ4v) is 3.26. The number of carbonyl (C=O) groups is 1. The molecule has 0 bridgehead atoms. The molecule has 0 saturated carbocycles. The zero-order valence-corrected chi connectivity index (χ0v) is 18.7. The number of aromatic nitrogens is 3. The molecule has 1 amide bonds. The average molecular weight is 449 g/mol. The first-order valence-electron chi connectivity index (χ1n) is 10.5. The van der Waals surface area contributed by atoms with Gasteiger partial charge in [0.25, 0.3) is 5.91 Å². The molecular formula is C24H25FN6O2. The summed E-state index contributed by atoms with van der Waals surface area (Å²) in [4.78, 5) is 23.0. The van der Waals surface area contributed by atoms with Crippen molar-refractivity contribution in [3.63, 3.8) is 0 Å².